The van der Waals surface area contributed by atoms with Crippen LogP contribution in [0.5, 0.6) is 0 Å². The van der Waals surface area contributed by atoms with Gasteiger partial charge in [-0.25, -0.2) is 0 Å². The molecule has 7 nitrogen and oxygen atoms in total. The average Bonchev–Trinajstić information content (AvgIpc) is 3.30. The highest BCUT2D eigenvalue weighted by atomic mass is 16.2. The van der Waals surface area contributed by atoms with Crippen LogP contribution in [0, 0.1) is 0 Å². The normalized spacial score (nSPS) is 22.5. The largest absolute Gasteiger partial charge is 0.357 e. The van der Waals surface area contributed by atoms with Crippen molar-refractivity contribution in [2.24, 2.45) is 4.99 Å². The number of aliphatic imine (C=N–C) groups is 1. The van der Waals surface area contributed by atoms with Crippen molar-refractivity contribution < 1.29 is 4.79 Å². The monoisotopic (exact) mass is 378 g/mol. The molecule has 2 N–H and O–H groups in total. The summed E-state index contributed by atoms with van der Waals surface area (Å²) in [5.74, 6) is 1.21. The first-order valence-electron chi connectivity index (χ1n) is 10.9. The van der Waals surface area contributed by atoms with E-state index in [9.17, 15) is 4.79 Å². The molecule has 0 bridgehead atoms. The zero-order valence-corrected chi connectivity index (χ0v) is 17.3. The van der Waals surface area contributed by atoms with Crippen LogP contribution in [0.15, 0.2) is 4.99 Å². The molecule has 154 valence electrons. The van der Waals surface area contributed by atoms with Crippen molar-refractivity contribution in [3.63, 3.8) is 0 Å². The summed E-state index contributed by atoms with van der Waals surface area (Å²) in [6.45, 7) is 9.13. The van der Waals surface area contributed by atoms with E-state index in [0.29, 0.717) is 12.6 Å². The molecule has 0 aromatic rings. The smallest absolute Gasteiger partial charge is 0.234 e. The number of piperazine rings is 1. The van der Waals surface area contributed by atoms with E-state index in [1.165, 1.54) is 25.7 Å². The second-order valence-electron chi connectivity index (χ2n) is 8.26. The number of rotatable bonds is 8. The van der Waals surface area contributed by atoms with Crippen molar-refractivity contribution in [1.82, 2.24) is 25.3 Å². The molecular weight excluding hydrogens is 340 g/mol. The molecule has 0 radical (unpaired) electrons. The Balaban J connectivity index is 1.40. The van der Waals surface area contributed by atoms with Crippen molar-refractivity contribution in [3.05, 3.63) is 0 Å². The lowest BCUT2D eigenvalue weighted by atomic mass is 10.2. The first kappa shape index (κ1) is 20.4. The highest BCUT2D eigenvalue weighted by Crippen LogP contribution is 2.22. The molecule has 1 aliphatic heterocycles. The molecule has 0 unspecified atom stereocenters. The number of hydrogen-bond acceptors (Lipinski definition) is 4. The number of nitrogens with zero attached hydrogens (tertiary/aromatic N) is 4. The van der Waals surface area contributed by atoms with Gasteiger partial charge in [-0.1, -0.05) is 12.8 Å². The average molecular weight is 379 g/mol. The Labute approximate surface area is 164 Å². The van der Waals surface area contributed by atoms with Crippen LogP contribution in [0.2, 0.25) is 0 Å². The Bertz CT molecular complexity index is 493. The molecule has 2 aliphatic carbocycles. The molecule has 3 fully saturated rings. The third kappa shape index (κ3) is 6.64. The van der Waals surface area contributed by atoms with Gasteiger partial charge in [-0.15, -0.1) is 0 Å². The van der Waals surface area contributed by atoms with Gasteiger partial charge in [0.05, 0.1) is 13.1 Å². The number of carbonyl (C=O) groups is 1. The van der Waals surface area contributed by atoms with Gasteiger partial charge in [0.2, 0.25) is 5.91 Å². The summed E-state index contributed by atoms with van der Waals surface area (Å²) >= 11 is 0. The van der Waals surface area contributed by atoms with Gasteiger partial charge in [0, 0.05) is 51.4 Å². The molecule has 0 aromatic carbocycles. The molecular formula is C20H38N6O. The number of hydrogen-bond donors (Lipinski definition) is 2. The zero-order chi connectivity index (χ0) is 19.1. The molecule has 0 spiro atoms. The van der Waals surface area contributed by atoms with Gasteiger partial charge < -0.3 is 20.4 Å². The highest BCUT2D eigenvalue weighted by Gasteiger charge is 2.26. The first-order valence-corrected chi connectivity index (χ1v) is 10.9. The van der Waals surface area contributed by atoms with E-state index in [0.717, 1.165) is 70.7 Å². The topological polar surface area (TPSA) is 63.2 Å². The fourth-order valence-electron chi connectivity index (χ4n) is 4.09. The van der Waals surface area contributed by atoms with E-state index in [1.54, 1.807) is 0 Å². The number of amides is 1. The second kappa shape index (κ2) is 10.3. The summed E-state index contributed by atoms with van der Waals surface area (Å²) in [5, 5.41) is 6.53. The minimum absolute atomic E-state index is 0.182. The number of nitrogens with one attached hydrogen (secondary N) is 2. The van der Waals surface area contributed by atoms with Crippen LogP contribution in [0.25, 0.3) is 0 Å². The van der Waals surface area contributed by atoms with Gasteiger partial charge in [0.25, 0.3) is 0 Å². The summed E-state index contributed by atoms with van der Waals surface area (Å²) in [6.07, 6.45) is 7.75. The van der Waals surface area contributed by atoms with Crippen LogP contribution in [0.1, 0.15) is 45.4 Å². The lowest BCUT2D eigenvalue weighted by Gasteiger charge is -2.36. The van der Waals surface area contributed by atoms with Gasteiger partial charge in [0.1, 0.15) is 0 Å². The SMILES string of the molecule is CCNC(=NCCN(C)C1CCCC1)N1CCN(CC(=O)NC2CC2)CC1. The highest BCUT2D eigenvalue weighted by molar-refractivity contribution is 5.80. The molecule has 7 heteroatoms. The molecule has 27 heavy (non-hydrogen) atoms. The van der Waals surface area contributed by atoms with Crippen LogP contribution >= 0.6 is 0 Å². The third-order valence-electron chi connectivity index (χ3n) is 5.98. The van der Waals surface area contributed by atoms with E-state index in [1.807, 2.05) is 0 Å². The van der Waals surface area contributed by atoms with E-state index >= 15 is 0 Å². The second-order valence-corrected chi connectivity index (χ2v) is 8.26. The summed E-state index contributed by atoms with van der Waals surface area (Å²) in [6, 6.07) is 1.21. The summed E-state index contributed by atoms with van der Waals surface area (Å²) in [4.78, 5) is 23.9. The number of guanidine groups is 1. The minimum atomic E-state index is 0.182. The maximum atomic E-state index is 12.0. The fraction of sp³-hybridized carbons (Fsp3) is 0.900. The molecule has 2 saturated carbocycles. The third-order valence-corrected chi connectivity index (χ3v) is 5.98. The summed E-state index contributed by atoms with van der Waals surface area (Å²) in [7, 11) is 2.24. The van der Waals surface area contributed by atoms with Crippen molar-refractivity contribution >= 4 is 11.9 Å². The van der Waals surface area contributed by atoms with Crippen LogP contribution in [0.3, 0.4) is 0 Å². The Hall–Kier alpha value is -1.34. The van der Waals surface area contributed by atoms with Crippen molar-refractivity contribution in [2.75, 3.05) is 59.4 Å². The van der Waals surface area contributed by atoms with Gasteiger partial charge in [-0.3, -0.25) is 14.7 Å². The fourth-order valence-corrected chi connectivity index (χ4v) is 4.09. The lowest BCUT2D eigenvalue weighted by molar-refractivity contribution is -0.122. The number of likely N-dealkylation sites (N-methyl/N-ethyl adjacent to an activating group) is 1. The van der Waals surface area contributed by atoms with Crippen LogP contribution < -0.4 is 10.6 Å². The minimum Gasteiger partial charge on any atom is -0.357 e. The predicted molar refractivity (Wildman–Crippen MR) is 110 cm³/mol. The van der Waals surface area contributed by atoms with Gasteiger partial charge in [0.15, 0.2) is 5.96 Å². The molecule has 1 heterocycles. The molecule has 1 saturated heterocycles. The van der Waals surface area contributed by atoms with E-state index < -0.39 is 0 Å². The van der Waals surface area contributed by atoms with Crippen molar-refractivity contribution in [1.29, 1.82) is 0 Å². The van der Waals surface area contributed by atoms with Gasteiger partial charge >= 0.3 is 0 Å². The quantitative estimate of drug-likeness (QED) is 0.481. The summed E-state index contributed by atoms with van der Waals surface area (Å²) < 4.78 is 0. The maximum absolute atomic E-state index is 12.0. The molecule has 0 aromatic heterocycles. The van der Waals surface area contributed by atoms with Crippen LogP contribution in [-0.4, -0.2) is 98.1 Å². The lowest BCUT2D eigenvalue weighted by Crippen LogP contribution is -2.54. The Morgan fingerprint density at radius 1 is 1.11 bits per heavy atom. The van der Waals surface area contributed by atoms with E-state index in [2.05, 4.69) is 39.3 Å². The van der Waals surface area contributed by atoms with E-state index in [-0.39, 0.29) is 5.91 Å². The van der Waals surface area contributed by atoms with Crippen LogP contribution in [0.4, 0.5) is 0 Å². The van der Waals surface area contributed by atoms with Crippen molar-refractivity contribution in [2.45, 2.75) is 57.5 Å². The molecule has 0 atom stereocenters. The summed E-state index contributed by atoms with van der Waals surface area (Å²) in [5.41, 5.74) is 0. The standard InChI is InChI=1S/C20H38N6O/c1-3-21-20(22-10-11-24(2)18-6-4-5-7-18)26-14-12-25(13-15-26)16-19(27)23-17-8-9-17/h17-18H,3-16H2,1-2H3,(H,21,22)(H,23,27). The van der Waals surface area contributed by atoms with Gasteiger partial charge in [-0.05, 0) is 39.7 Å². The molecule has 3 rings (SSSR count). The van der Waals surface area contributed by atoms with Crippen molar-refractivity contribution in [3.8, 4) is 0 Å². The zero-order valence-electron chi connectivity index (χ0n) is 17.3. The number of carbonyl (C=O) groups excluding carboxylic acids is 1. The Morgan fingerprint density at radius 2 is 1.81 bits per heavy atom. The molecule has 3 aliphatic rings. The Morgan fingerprint density at radius 3 is 2.44 bits per heavy atom. The van der Waals surface area contributed by atoms with E-state index in [4.69, 9.17) is 4.99 Å². The Kier molecular flexibility index (Phi) is 7.76. The van der Waals surface area contributed by atoms with Crippen LogP contribution in [-0.2, 0) is 4.79 Å². The maximum Gasteiger partial charge on any atom is 0.234 e. The predicted octanol–water partition coefficient (Wildman–Crippen LogP) is 0.723. The molecule has 1 amide bonds. The first-order chi connectivity index (χ1) is 13.2. The van der Waals surface area contributed by atoms with Gasteiger partial charge in [-0.2, -0.15) is 0 Å².